The molecule has 0 aromatic rings. The number of hydrogen-bond donors (Lipinski definition) is 3. The number of carboxylic acid groups (broad SMARTS) is 2. The Labute approximate surface area is 69.6 Å². The van der Waals surface area contributed by atoms with Gasteiger partial charge in [-0.1, -0.05) is 0 Å². The van der Waals surface area contributed by atoms with Crippen molar-refractivity contribution < 1.29 is 24.9 Å². The van der Waals surface area contributed by atoms with Crippen LogP contribution in [0.4, 0.5) is 0 Å². The summed E-state index contributed by atoms with van der Waals surface area (Å²) in [7, 11) is 0. The maximum absolute atomic E-state index is 10.0. The molecule has 70 valence electrons. The average molecular weight is 176 g/mol. The van der Waals surface area contributed by atoms with Crippen molar-refractivity contribution in [3.8, 4) is 0 Å². The van der Waals surface area contributed by atoms with Crippen molar-refractivity contribution in [2.45, 2.75) is 31.8 Å². The third-order valence-corrected chi connectivity index (χ3v) is 1.34. The second kappa shape index (κ2) is 5.54. The number of carbonyl (C=O) groups is 2. The van der Waals surface area contributed by atoms with Crippen LogP contribution in [0.5, 0.6) is 0 Å². The molecule has 0 bridgehead atoms. The summed E-state index contributed by atoms with van der Waals surface area (Å²) in [5, 5.41) is 25.4. The smallest absolute Gasteiger partial charge is 0.305 e. The number of carboxylic acids is 2. The van der Waals surface area contributed by atoms with Crippen LogP contribution in [-0.4, -0.2) is 33.4 Å². The molecule has 0 saturated carbocycles. The second-order valence-corrected chi connectivity index (χ2v) is 2.54. The lowest BCUT2D eigenvalue weighted by molar-refractivity contribution is -0.139. The first kappa shape index (κ1) is 10.9. The third kappa shape index (κ3) is 7.01. The highest BCUT2D eigenvalue weighted by Gasteiger charge is 2.09. The number of aliphatic hydroxyl groups excluding tert-OH is 1. The molecule has 5 heteroatoms. The fraction of sp³-hybridized carbons (Fsp3) is 0.714. The SMILES string of the molecule is O=C(O)CCCC(O)CC(=O)O. The Kier molecular flexibility index (Phi) is 5.03. The quantitative estimate of drug-likeness (QED) is 0.532. The Balaban J connectivity index is 3.37. The minimum absolute atomic E-state index is 0.0311. The van der Waals surface area contributed by atoms with Crippen LogP contribution in [0, 0.1) is 0 Å². The predicted octanol–water partition coefficient (Wildman–Crippen LogP) is 0.0769. The molecule has 0 aromatic carbocycles. The molecule has 3 N–H and O–H groups in total. The van der Waals surface area contributed by atoms with Gasteiger partial charge >= 0.3 is 11.9 Å². The van der Waals surface area contributed by atoms with Crippen molar-refractivity contribution in [3.63, 3.8) is 0 Å². The van der Waals surface area contributed by atoms with Gasteiger partial charge in [0.2, 0.25) is 0 Å². The molecule has 1 unspecified atom stereocenters. The van der Waals surface area contributed by atoms with Crippen LogP contribution in [0.15, 0.2) is 0 Å². The zero-order valence-electron chi connectivity index (χ0n) is 6.56. The summed E-state index contributed by atoms with van der Waals surface area (Å²) in [5.74, 6) is -2.00. The van der Waals surface area contributed by atoms with E-state index in [0.717, 1.165) is 0 Å². The highest BCUT2D eigenvalue weighted by Crippen LogP contribution is 2.04. The third-order valence-electron chi connectivity index (χ3n) is 1.34. The van der Waals surface area contributed by atoms with Gasteiger partial charge in [-0.05, 0) is 12.8 Å². The molecule has 0 fully saturated rings. The van der Waals surface area contributed by atoms with E-state index in [1.54, 1.807) is 0 Å². The Morgan fingerprint density at radius 3 is 2.17 bits per heavy atom. The lowest BCUT2D eigenvalue weighted by atomic mass is 10.1. The molecule has 0 spiro atoms. The van der Waals surface area contributed by atoms with E-state index in [-0.39, 0.29) is 19.3 Å². The van der Waals surface area contributed by atoms with E-state index in [2.05, 4.69) is 0 Å². The average Bonchev–Trinajstić information content (AvgIpc) is 1.84. The van der Waals surface area contributed by atoms with E-state index < -0.39 is 18.0 Å². The number of aliphatic hydroxyl groups is 1. The molecule has 0 aromatic heterocycles. The van der Waals surface area contributed by atoms with E-state index in [0.29, 0.717) is 6.42 Å². The zero-order valence-corrected chi connectivity index (χ0v) is 6.56. The van der Waals surface area contributed by atoms with Gasteiger partial charge in [-0.3, -0.25) is 9.59 Å². The predicted molar refractivity (Wildman–Crippen MR) is 39.7 cm³/mol. The molecule has 0 aliphatic rings. The van der Waals surface area contributed by atoms with Gasteiger partial charge in [0, 0.05) is 6.42 Å². The Morgan fingerprint density at radius 2 is 1.75 bits per heavy atom. The van der Waals surface area contributed by atoms with Crippen molar-refractivity contribution in [2.75, 3.05) is 0 Å². The monoisotopic (exact) mass is 176 g/mol. The Morgan fingerprint density at radius 1 is 1.17 bits per heavy atom. The first-order valence-corrected chi connectivity index (χ1v) is 3.64. The van der Waals surface area contributed by atoms with Crippen LogP contribution in [0.25, 0.3) is 0 Å². The fourth-order valence-corrected chi connectivity index (χ4v) is 0.793. The van der Waals surface area contributed by atoms with E-state index in [1.807, 2.05) is 0 Å². The molecule has 0 rings (SSSR count). The largest absolute Gasteiger partial charge is 0.481 e. The van der Waals surface area contributed by atoms with Gasteiger partial charge in [0.05, 0.1) is 12.5 Å². The lowest BCUT2D eigenvalue weighted by Crippen LogP contribution is -2.13. The summed E-state index contributed by atoms with van der Waals surface area (Å²) in [6.07, 6.45) is -0.750. The van der Waals surface area contributed by atoms with Crippen molar-refractivity contribution in [2.24, 2.45) is 0 Å². The van der Waals surface area contributed by atoms with Crippen molar-refractivity contribution in [1.29, 1.82) is 0 Å². The Hall–Kier alpha value is -1.10. The molecule has 0 radical (unpaired) electrons. The molecule has 0 saturated heterocycles. The summed E-state index contributed by atoms with van der Waals surface area (Å²) in [6, 6.07) is 0. The van der Waals surface area contributed by atoms with Gasteiger partial charge in [-0.25, -0.2) is 0 Å². The summed E-state index contributed by atoms with van der Waals surface area (Å²) in [4.78, 5) is 20.0. The molecular weight excluding hydrogens is 164 g/mol. The Bertz CT molecular complexity index is 165. The van der Waals surface area contributed by atoms with Gasteiger partial charge in [0.25, 0.3) is 0 Å². The van der Waals surface area contributed by atoms with Gasteiger partial charge in [-0.15, -0.1) is 0 Å². The minimum Gasteiger partial charge on any atom is -0.481 e. The summed E-state index contributed by atoms with van der Waals surface area (Å²) < 4.78 is 0. The molecule has 1 atom stereocenters. The van der Waals surface area contributed by atoms with Crippen LogP contribution in [0.1, 0.15) is 25.7 Å². The molecule has 0 aliphatic carbocycles. The van der Waals surface area contributed by atoms with Crippen LogP contribution in [0.3, 0.4) is 0 Å². The summed E-state index contributed by atoms with van der Waals surface area (Å²) in [5.41, 5.74) is 0. The normalized spacial score (nSPS) is 12.4. The second-order valence-electron chi connectivity index (χ2n) is 2.54. The molecule has 0 amide bonds. The van der Waals surface area contributed by atoms with Crippen LogP contribution >= 0.6 is 0 Å². The molecule has 0 heterocycles. The first-order chi connectivity index (χ1) is 5.52. The van der Waals surface area contributed by atoms with Crippen LogP contribution in [-0.2, 0) is 9.59 Å². The van der Waals surface area contributed by atoms with Gasteiger partial charge in [0.15, 0.2) is 0 Å². The fourth-order valence-electron chi connectivity index (χ4n) is 0.793. The molecular formula is C7H12O5. The van der Waals surface area contributed by atoms with Crippen molar-refractivity contribution in [3.05, 3.63) is 0 Å². The van der Waals surface area contributed by atoms with Crippen LogP contribution in [0.2, 0.25) is 0 Å². The summed E-state index contributed by atoms with van der Waals surface area (Å²) in [6.45, 7) is 0. The zero-order chi connectivity index (χ0) is 9.56. The van der Waals surface area contributed by atoms with Gasteiger partial charge in [-0.2, -0.15) is 0 Å². The molecule has 5 nitrogen and oxygen atoms in total. The standard InChI is InChI=1S/C7H12O5/c8-5(4-7(11)12)2-1-3-6(9)10/h5,8H,1-4H2,(H,9,10)(H,11,12). The van der Waals surface area contributed by atoms with Gasteiger partial charge in [0.1, 0.15) is 0 Å². The van der Waals surface area contributed by atoms with Crippen molar-refractivity contribution >= 4 is 11.9 Å². The van der Waals surface area contributed by atoms with E-state index in [1.165, 1.54) is 0 Å². The summed E-state index contributed by atoms with van der Waals surface area (Å²) >= 11 is 0. The number of aliphatic carboxylic acids is 2. The van der Waals surface area contributed by atoms with E-state index in [4.69, 9.17) is 15.3 Å². The van der Waals surface area contributed by atoms with Crippen molar-refractivity contribution in [1.82, 2.24) is 0 Å². The van der Waals surface area contributed by atoms with E-state index in [9.17, 15) is 9.59 Å². The highest BCUT2D eigenvalue weighted by molar-refractivity contribution is 5.67. The van der Waals surface area contributed by atoms with Gasteiger partial charge < -0.3 is 15.3 Å². The minimum atomic E-state index is -1.07. The lowest BCUT2D eigenvalue weighted by Gasteiger charge is -2.05. The highest BCUT2D eigenvalue weighted by atomic mass is 16.4. The van der Waals surface area contributed by atoms with E-state index >= 15 is 0 Å². The number of rotatable bonds is 6. The maximum Gasteiger partial charge on any atom is 0.305 e. The number of hydrogen-bond acceptors (Lipinski definition) is 3. The first-order valence-electron chi connectivity index (χ1n) is 3.64. The molecule has 0 aliphatic heterocycles. The molecule has 12 heavy (non-hydrogen) atoms. The van der Waals surface area contributed by atoms with Crippen LogP contribution < -0.4 is 0 Å². The topological polar surface area (TPSA) is 94.8 Å². The maximum atomic E-state index is 10.0.